The number of hydrogen-bond acceptors (Lipinski definition) is 14. The van der Waals surface area contributed by atoms with E-state index in [0.29, 0.717) is 5.56 Å². The molecule has 3 unspecified atom stereocenters. The molecule has 3 atom stereocenters. The molecule has 0 saturated heterocycles. The van der Waals surface area contributed by atoms with Gasteiger partial charge in [-0.2, -0.15) is 49.5 Å². The van der Waals surface area contributed by atoms with Gasteiger partial charge in [-0.15, -0.1) is 39.2 Å². The van der Waals surface area contributed by atoms with Crippen LogP contribution in [-0.2, 0) is 29.4 Å². The summed E-state index contributed by atoms with van der Waals surface area (Å²) in [4.78, 5) is 90.2. The van der Waals surface area contributed by atoms with Gasteiger partial charge in [-0.3, -0.25) is 0 Å². The van der Waals surface area contributed by atoms with Crippen LogP contribution in [0.15, 0.2) is 309 Å². The van der Waals surface area contributed by atoms with Gasteiger partial charge in [0.25, 0.3) is 0 Å². The summed E-state index contributed by atoms with van der Waals surface area (Å²) in [6, 6.07) is 107. The van der Waals surface area contributed by atoms with E-state index in [9.17, 15) is 49.5 Å². The molecule has 21 heteroatoms. The van der Waals surface area contributed by atoms with Crippen molar-refractivity contribution >= 4 is 128 Å². The number of fused-ring (bicyclic) bond motifs is 22. The Kier molecular flexibility index (Phi) is 45.7. The molecular formula is C117H83Cs7O14. The smallest absolute Gasteiger partial charge is 0.554 e. The summed E-state index contributed by atoms with van der Waals surface area (Å²) in [7, 11) is 0. The van der Waals surface area contributed by atoms with Crippen LogP contribution in [-0.4, -0.2) is 42.1 Å². The largest absolute Gasteiger partial charge is 1.00 e. The van der Waals surface area contributed by atoms with Crippen LogP contribution in [0, 0.1) is 75.3 Å². The van der Waals surface area contributed by atoms with Crippen molar-refractivity contribution in [2.24, 2.45) is 0 Å². The number of carbonyl (C=O) groups excluding carboxylic acids is 9. The topological polar surface area (TPSA) is 269 Å². The second kappa shape index (κ2) is 52.8. The second-order valence-corrected chi connectivity index (χ2v) is 33.8. The molecule has 19 aromatic carbocycles. The average molecular weight is 2640 g/mol. The van der Waals surface area contributed by atoms with Crippen molar-refractivity contribution in [2.75, 3.05) is 0 Å². The monoisotopic (exact) mass is 2640 g/mol. The van der Waals surface area contributed by atoms with E-state index >= 15 is 0 Å². The molecule has 0 heterocycles. The summed E-state index contributed by atoms with van der Waals surface area (Å²) >= 11 is 0. The van der Waals surface area contributed by atoms with E-state index in [0.717, 1.165) is 132 Å². The number of carbonyl (C=O) groups is 5. The van der Waals surface area contributed by atoms with Crippen LogP contribution in [0.2, 0.25) is 0 Å². The normalized spacial score (nSPS) is 13.0. The Bertz CT molecular complexity index is 8030. The van der Waals surface area contributed by atoms with Crippen molar-refractivity contribution in [3.8, 4) is 33.4 Å². The molecule has 0 bridgehead atoms. The maximum absolute atomic E-state index is 11.8. The second-order valence-electron chi connectivity index (χ2n) is 33.8. The molecular weight excluding hydrogens is 2560 g/mol. The van der Waals surface area contributed by atoms with Crippen LogP contribution in [0.1, 0.15) is 159 Å². The number of aromatic carboxylic acids is 4. The molecule has 642 valence electrons. The average Bonchev–Trinajstić information content (AvgIpc) is 1.53. The van der Waals surface area contributed by atoms with Crippen LogP contribution >= 0.6 is 0 Å². The minimum Gasteiger partial charge on any atom is -0.554 e. The molecule has 0 N–H and O–H groups in total. The van der Waals surface area contributed by atoms with Gasteiger partial charge in [0.15, 0.2) is 0 Å². The van der Waals surface area contributed by atoms with E-state index < -0.39 is 41.2 Å². The molecule has 19 aromatic rings. The summed E-state index contributed by atoms with van der Waals surface area (Å²) in [5.74, 6) is -6.14. The summed E-state index contributed by atoms with van der Waals surface area (Å²) in [5.41, 5.74) is 28.8. The minimum absolute atomic E-state index is 0. The van der Waals surface area contributed by atoms with E-state index in [4.69, 9.17) is 19.2 Å². The standard InChI is InChI=1S/C32H23O2.C26H20O2.C20H16O2.C20H15O2.C17H14O2.2CO2.7Cs/c1-20-12-17-27-28(18-20)32(23-8-4-3-5-9-23,24-15-13-22(14-16-24)31(33)34)29-19-21(2)25-10-6-7-11-26(25)30(27)29;1-15-7-12-21-22(13-15)24(17-8-10-18(11-9-17)26(27)28)23-14-16(2)19-5-3-4-6-20(19)25(21)23;2*1-11-7-8-15-16(9-11)19(20(21)22)17-10-12(2)13-5-3-4-6-14(13)18(15)17;1-10-4-6-14-13(7-10)9-12-5-3-11(2)8-15(12)16(14)17(18)19;2*2-1-3;;;;;;;/h4-19H,1-2H3,(H,33,34);3-14,24H,1-2H3,(H,27,28);3-10,19H,1-2H3,(H,21,22);3-10H,1-2H3,(H,21,22);3-9H,1-2H3,(H,18,19);;;;;;;;;/q-1;;;-1;;;;7*+1/p-5. The van der Waals surface area contributed by atoms with Crippen molar-refractivity contribution in [3.63, 3.8) is 0 Å². The van der Waals surface area contributed by atoms with E-state index in [2.05, 4.69) is 167 Å². The number of aliphatic carboxylic acids is 1. The number of rotatable bonds is 8. The van der Waals surface area contributed by atoms with Gasteiger partial charge in [0.1, 0.15) is 0 Å². The minimum atomic E-state index is -1.17. The molecule has 3 aliphatic rings. The Morgan fingerprint density at radius 2 is 0.717 bits per heavy atom. The Morgan fingerprint density at radius 3 is 1.24 bits per heavy atom. The van der Waals surface area contributed by atoms with Crippen molar-refractivity contribution in [3.05, 3.63) is 443 Å². The van der Waals surface area contributed by atoms with Crippen LogP contribution in [0.5, 0.6) is 0 Å². The van der Waals surface area contributed by atoms with Gasteiger partial charge in [0.05, 0.1) is 23.9 Å². The number of carboxylic acids is 5. The van der Waals surface area contributed by atoms with Gasteiger partial charge in [0, 0.05) is 28.8 Å². The Balaban J connectivity index is 0.000000190. The van der Waals surface area contributed by atoms with Gasteiger partial charge < -0.3 is 49.5 Å². The first kappa shape index (κ1) is 119. The molecule has 0 aliphatic heterocycles. The maximum Gasteiger partial charge on any atom is 1.00 e. The molecule has 3 aliphatic carbocycles. The third-order valence-corrected chi connectivity index (χ3v) is 25.6. The van der Waals surface area contributed by atoms with E-state index in [1.807, 2.05) is 193 Å². The first-order chi connectivity index (χ1) is 63.1. The maximum atomic E-state index is 11.8. The van der Waals surface area contributed by atoms with Crippen molar-refractivity contribution in [1.29, 1.82) is 0 Å². The van der Waals surface area contributed by atoms with Gasteiger partial charge >= 0.3 is 495 Å². The van der Waals surface area contributed by atoms with Gasteiger partial charge in [-0.25, -0.2) is 0 Å². The van der Waals surface area contributed by atoms with Crippen LogP contribution < -0.4 is 508 Å². The molecule has 0 aromatic heterocycles. The van der Waals surface area contributed by atoms with E-state index in [1.165, 1.54) is 93.7 Å². The van der Waals surface area contributed by atoms with E-state index in [1.54, 1.807) is 24.3 Å². The predicted molar refractivity (Wildman–Crippen MR) is 504 cm³/mol. The number of carboxylic acid groups (broad SMARTS) is 5. The zero-order chi connectivity index (χ0) is 92.7. The van der Waals surface area contributed by atoms with Crippen molar-refractivity contribution in [2.45, 2.75) is 86.5 Å². The predicted octanol–water partition coefficient (Wildman–Crippen LogP) is -1.04. The summed E-state index contributed by atoms with van der Waals surface area (Å²) < 4.78 is 0. The Labute approximate surface area is 1210 Å². The first-order valence-corrected chi connectivity index (χ1v) is 42.7. The van der Waals surface area contributed by atoms with Crippen LogP contribution in [0.4, 0.5) is 0 Å². The fourth-order valence-corrected chi connectivity index (χ4v) is 20.1. The fourth-order valence-electron chi connectivity index (χ4n) is 20.1. The zero-order valence-electron chi connectivity index (χ0n) is 80.3. The summed E-state index contributed by atoms with van der Waals surface area (Å²) in [5, 5.41) is 74.2. The molecule has 14 nitrogen and oxygen atoms in total. The van der Waals surface area contributed by atoms with Crippen molar-refractivity contribution in [1.82, 2.24) is 0 Å². The van der Waals surface area contributed by atoms with Crippen molar-refractivity contribution < 1.29 is 551 Å². The zero-order valence-corrected chi connectivity index (χ0v) is 124. The third kappa shape index (κ3) is 24.3. The SMILES string of the molecule is Cc1ccc2c(C(=O)[O-])c3cc(C)ccc3cc2c1.Cc1ccc2c(c1)C(C(=O)[O-])c1cc(C)c3ccccc3c1-2.Cc1ccc2c(c1)C(c1cc[c-]cc1)(c1ccc(C(=O)[O-])cc1)c1cc(C)c3ccccc3c1-2.Cc1ccc2c(c1)C(c1ccc(C(=O)[O-])cc1)c1cc(C)c3ccccc3c1-2.Cc1ccc2c3c4ccccc4c(C)cc3[c-](C(=O)[O-])c2c1.O=C=O.O=C=O.[Cs+].[Cs+].[Cs+].[Cs+].[Cs+].[Cs+].[Cs+]. The quantitative estimate of drug-likeness (QED) is 0.130. The third-order valence-electron chi connectivity index (χ3n) is 25.6. The molecule has 0 fully saturated rings. The molecule has 0 saturated carbocycles. The van der Waals surface area contributed by atoms with E-state index in [-0.39, 0.29) is 517 Å². The number of aryl methyl sites for hydroxylation is 10. The summed E-state index contributed by atoms with van der Waals surface area (Å²) in [6.07, 6.45) is 0.500. The molecule has 22 rings (SSSR count). The van der Waals surface area contributed by atoms with Crippen LogP contribution in [0.3, 0.4) is 0 Å². The van der Waals surface area contributed by atoms with Gasteiger partial charge in [-0.1, -0.05) is 317 Å². The van der Waals surface area contributed by atoms with Crippen LogP contribution in [0.25, 0.3) is 120 Å². The first-order valence-electron chi connectivity index (χ1n) is 42.7. The molecule has 0 radical (unpaired) electrons. The fraction of sp³-hybridized carbons (Fsp3) is 0.111. The number of hydrogen-bond donors (Lipinski definition) is 0. The molecule has 138 heavy (non-hydrogen) atoms. The summed E-state index contributed by atoms with van der Waals surface area (Å²) in [6.45, 7) is 20.5. The molecule has 0 spiro atoms. The number of benzene rings is 18. The Morgan fingerprint density at radius 1 is 0.312 bits per heavy atom. The van der Waals surface area contributed by atoms with Gasteiger partial charge in [0.2, 0.25) is 0 Å². The van der Waals surface area contributed by atoms with Gasteiger partial charge in [-0.05, 0) is 240 Å². The molecule has 0 amide bonds. The Hall–Kier alpha value is -2.14.